The van der Waals surface area contributed by atoms with Gasteiger partial charge in [0.25, 0.3) is 5.91 Å². The van der Waals surface area contributed by atoms with Crippen molar-refractivity contribution in [2.45, 2.75) is 0 Å². The number of benzene rings is 1. The SMILES string of the molecule is O=C(O)C1CN(C(=O)c2cccc(Cl)c2)C1. The lowest BCUT2D eigenvalue weighted by atomic mass is 9.99. The zero-order valence-electron chi connectivity index (χ0n) is 8.39. The number of nitrogens with zero attached hydrogens (tertiary/aromatic N) is 1. The van der Waals surface area contributed by atoms with Gasteiger partial charge in [0.1, 0.15) is 0 Å². The highest BCUT2D eigenvalue weighted by atomic mass is 35.5. The highest BCUT2D eigenvalue weighted by Gasteiger charge is 2.35. The molecule has 1 heterocycles. The van der Waals surface area contributed by atoms with Gasteiger partial charge in [-0.25, -0.2) is 0 Å². The van der Waals surface area contributed by atoms with Crippen molar-refractivity contribution in [2.75, 3.05) is 13.1 Å². The number of halogens is 1. The lowest BCUT2D eigenvalue weighted by Gasteiger charge is -2.36. The second kappa shape index (κ2) is 4.14. The van der Waals surface area contributed by atoms with E-state index < -0.39 is 11.9 Å². The van der Waals surface area contributed by atoms with Gasteiger partial charge in [0.2, 0.25) is 0 Å². The summed E-state index contributed by atoms with van der Waals surface area (Å²) >= 11 is 5.77. The minimum absolute atomic E-state index is 0.167. The number of aliphatic carboxylic acids is 1. The smallest absolute Gasteiger partial charge is 0.310 e. The summed E-state index contributed by atoms with van der Waals surface area (Å²) in [5, 5.41) is 9.19. The Balaban J connectivity index is 2.03. The third-order valence-corrected chi connectivity index (χ3v) is 2.82. The minimum atomic E-state index is -0.852. The van der Waals surface area contributed by atoms with Gasteiger partial charge < -0.3 is 10.0 Å². The number of carbonyl (C=O) groups is 2. The Labute approximate surface area is 97.4 Å². The molecule has 0 saturated carbocycles. The summed E-state index contributed by atoms with van der Waals surface area (Å²) in [5.41, 5.74) is 0.497. The molecule has 0 atom stereocenters. The van der Waals surface area contributed by atoms with Gasteiger partial charge in [0, 0.05) is 23.7 Å². The molecule has 16 heavy (non-hydrogen) atoms. The second-order valence-corrected chi connectivity index (χ2v) is 4.19. The summed E-state index contributed by atoms with van der Waals surface area (Å²) in [4.78, 5) is 23.9. The van der Waals surface area contributed by atoms with Crippen molar-refractivity contribution in [1.29, 1.82) is 0 Å². The topological polar surface area (TPSA) is 57.6 Å². The highest BCUT2D eigenvalue weighted by molar-refractivity contribution is 6.30. The monoisotopic (exact) mass is 239 g/mol. The van der Waals surface area contributed by atoms with Crippen LogP contribution in [-0.2, 0) is 4.79 Å². The standard InChI is InChI=1S/C11H10ClNO3/c12-9-3-1-2-7(4-9)10(14)13-5-8(6-13)11(15)16/h1-4,8H,5-6H2,(H,15,16). The van der Waals surface area contributed by atoms with Crippen molar-refractivity contribution in [2.24, 2.45) is 5.92 Å². The van der Waals surface area contributed by atoms with E-state index in [1.807, 2.05) is 0 Å². The first-order valence-electron chi connectivity index (χ1n) is 4.85. The third-order valence-electron chi connectivity index (χ3n) is 2.59. The molecule has 1 aromatic carbocycles. The minimum Gasteiger partial charge on any atom is -0.481 e. The summed E-state index contributed by atoms with van der Waals surface area (Å²) < 4.78 is 0. The van der Waals surface area contributed by atoms with Crippen LogP contribution in [0.15, 0.2) is 24.3 Å². The molecule has 5 heteroatoms. The van der Waals surface area contributed by atoms with Gasteiger partial charge in [-0.3, -0.25) is 9.59 Å². The summed E-state index contributed by atoms with van der Waals surface area (Å²) in [6.45, 7) is 0.557. The van der Waals surface area contributed by atoms with Crippen LogP contribution < -0.4 is 0 Å². The maximum absolute atomic E-state index is 11.8. The summed E-state index contributed by atoms with van der Waals surface area (Å²) in [6.07, 6.45) is 0. The van der Waals surface area contributed by atoms with Crippen LogP contribution in [0.4, 0.5) is 0 Å². The molecule has 0 aromatic heterocycles. The molecule has 2 rings (SSSR count). The van der Waals surface area contributed by atoms with E-state index >= 15 is 0 Å². The maximum atomic E-state index is 11.8. The average Bonchev–Trinajstić information content (AvgIpc) is 2.14. The number of amides is 1. The molecule has 0 spiro atoms. The lowest BCUT2D eigenvalue weighted by Crippen LogP contribution is -2.53. The largest absolute Gasteiger partial charge is 0.481 e. The average molecular weight is 240 g/mol. The molecule has 0 bridgehead atoms. The number of carboxylic acids is 1. The highest BCUT2D eigenvalue weighted by Crippen LogP contribution is 2.20. The number of likely N-dealkylation sites (tertiary alicyclic amines) is 1. The van der Waals surface area contributed by atoms with Gasteiger partial charge in [-0.2, -0.15) is 0 Å². The molecule has 1 aliphatic rings. The van der Waals surface area contributed by atoms with E-state index in [0.29, 0.717) is 10.6 Å². The van der Waals surface area contributed by atoms with E-state index in [0.717, 1.165) is 0 Å². The van der Waals surface area contributed by atoms with Crippen molar-refractivity contribution in [3.05, 3.63) is 34.9 Å². The molecule has 4 nitrogen and oxygen atoms in total. The van der Waals surface area contributed by atoms with Crippen molar-refractivity contribution in [3.8, 4) is 0 Å². The fourth-order valence-corrected chi connectivity index (χ4v) is 1.79. The summed E-state index contributed by atoms with van der Waals surface area (Å²) in [7, 11) is 0. The van der Waals surface area contributed by atoms with E-state index in [-0.39, 0.29) is 19.0 Å². The van der Waals surface area contributed by atoms with Crippen LogP contribution in [-0.4, -0.2) is 35.0 Å². The molecule has 1 aromatic rings. The Morgan fingerprint density at radius 2 is 2.06 bits per heavy atom. The first-order valence-corrected chi connectivity index (χ1v) is 5.23. The van der Waals surface area contributed by atoms with E-state index in [1.54, 1.807) is 24.3 Å². The predicted octanol–water partition coefficient (Wildman–Crippen LogP) is 1.50. The molecule has 0 unspecified atom stereocenters. The lowest BCUT2D eigenvalue weighted by molar-refractivity contribution is -0.146. The molecular formula is C11H10ClNO3. The van der Waals surface area contributed by atoms with Crippen LogP contribution in [0.2, 0.25) is 5.02 Å². The molecule has 84 valence electrons. The molecule has 0 radical (unpaired) electrons. The van der Waals surface area contributed by atoms with E-state index in [9.17, 15) is 9.59 Å². The molecular weight excluding hydrogens is 230 g/mol. The molecule has 1 aliphatic heterocycles. The predicted molar refractivity (Wildman–Crippen MR) is 58.5 cm³/mol. The molecule has 1 N–H and O–H groups in total. The Kier molecular flexibility index (Phi) is 2.83. The third kappa shape index (κ3) is 2.02. The van der Waals surface area contributed by atoms with Crippen molar-refractivity contribution in [3.63, 3.8) is 0 Å². The van der Waals surface area contributed by atoms with Gasteiger partial charge in [-0.05, 0) is 18.2 Å². The van der Waals surface area contributed by atoms with Crippen molar-refractivity contribution >= 4 is 23.5 Å². The molecule has 1 amide bonds. The molecule has 1 saturated heterocycles. The Hall–Kier alpha value is -1.55. The van der Waals surface area contributed by atoms with Crippen LogP contribution in [0.25, 0.3) is 0 Å². The van der Waals surface area contributed by atoms with Gasteiger partial charge >= 0.3 is 5.97 Å². The fraction of sp³-hybridized carbons (Fsp3) is 0.273. The van der Waals surface area contributed by atoms with Gasteiger partial charge in [0.05, 0.1) is 5.92 Å². The van der Waals surface area contributed by atoms with E-state index in [2.05, 4.69) is 0 Å². The van der Waals surface area contributed by atoms with Crippen LogP contribution >= 0.6 is 11.6 Å². The zero-order chi connectivity index (χ0) is 11.7. The van der Waals surface area contributed by atoms with Crippen LogP contribution in [0.3, 0.4) is 0 Å². The summed E-state index contributed by atoms with van der Waals surface area (Å²) in [6, 6.07) is 6.64. The normalized spacial score (nSPS) is 15.7. The first kappa shape index (κ1) is 11.0. The van der Waals surface area contributed by atoms with Crippen LogP contribution in [0.1, 0.15) is 10.4 Å². The number of rotatable bonds is 2. The Morgan fingerprint density at radius 1 is 1.38 bits per heavy atom. The van der Waals surface area contributed by atoms with Gasteiger partial charge in [-0.15, -0.1) is 0 Å². The van der Waals surface area contributed by atoms with Gasteiger partial charge in [0.15, 0.2) is 0 Å². The Bertz CT molecular complexity index is 441. The van der Waals surface area contributed by atoms with Gasteiger partial charge in [-0.1, -0.05) is 17.7 Å². The van der Waals surface area contributed by atoms with E-state index in [4.69, 9.17) is 16.7 Å². The summed E-state index contributed by atoms with van der Waals surface area (Å²) in [5.74, 6) is -1.45. The van der Waals surface area contributed by atoms with Crippen LogP contribution in [0.5, 0.6) is 0 Å². The van der Waals surface area contributed by atoms with Crippen molar-refractivity contribution < 1.29 is 14.7 Å². The fourth-order valence-electron chi connectivity index (χ4n) is 1.60. The quantitative estimate of drug-likeness (QED) is 0.851. The van der Waals surface area contributed by atoms with Crippen LogP contribution in [0, 0.1) is 5.92 Å². The second-order valence-electron chi connectivity index (χ2n) is 3.76. The molecule has 1 fully saturated rings. The Morgan fingerprint density at radius 3 is 2.62 bits per heavy atom. The van der Waals surface area contributed by atoms with E-state index in [1.165, 1.54) is 4.90 Å². The first-order chi connectivity index (χ1) is 7.58. The number of hydrogen-bond donors (Lipinski definition) is 1. The number of carboxylic acid groups (broad SMARTS) is 1. The number of hydrogen-bond acceptors (Lipinski definition) is 2. The molecule has 0 aliphatic carbocycles. The number of carbonyl (C=O) groups excluding carboxylic acids is 1. The maximum Gasteiger partial charge on any atom is 0.310 e. The zero-order valence-corrected chi connectivity index (χ0v) is 9.15. The van der Waals surface area contributed by atoms with Crippen molar-refractivity contribution in [1.82, 2.24) is 4.90 Å².